The van der Waals surface area contributed by atoms with Gasteiger partial charge in [-0.05, 0) is 49.8 Å². The van der Waals surface area contributed by atoms with Gasteiger partial charge in [0.2, 0.25) is 10.0 Å². The van der Waals surface area contributed by atoms with Crippen molar-refractivity contribution in [3.05, 3.63) is 22.2 Å². The molecule has 7 heteroatoms. The molecule has 1 aromatic carbocycles. The molecule has 0 saturated heterocycles. The Morgan fingerprint density at radius 2 is 2.15 bits per heavy atom. The van der Waals surface area contributed by atoms with Crippen LogP contribution in [0.5, 0.6) is 0 Å². The van der Waals surface area contributed by atoms with E-state index in [1.54, 1.807) is 19.1 Å². The van der Waals surface area contributed by atoms with Crippen molar-refractivity contribution < 1.29 is 13.5 Å². The van der Waals surface area contributed by atoms with E-state index in [9.17, 15) is 13.5 Å². The second-order valence-corrected chi connectivity index (χ2v) is 7.95. The molecule has 2 rings (SSSR count). The molecule has 4 N–H and O–H groups in total. The van der Waals surface area contributed by atoms with Crippen LogP contribution < -0.4 is 10.5 Å². The zero-order valence-corrected chi connectivity index (χ0v) is 13.7. The number of rotatable bonds is 4. The minimum absolute atomic E-state index is 0.197. The fraction of sp³-hybridized carbons (Fsp3) is 0.538. The molecule has 2 unspecified atom stereocenters. The minimum atomic E-state index is -3.58. The summed E-state index contributed by atoms with van der Waals surface area (Å²) in [5.41, 5.74) is 6.79. The number of sulfonamides is 1. The Morgan fingerprint density at radius 3 is 2.75 bits per heavy atom. The Labute approximate surface area is 127 Å². The van der Waals surface area contributed by atoms with Gasteiger partial charge in [-0.15, -0.1) is 0 Å². The van der Waals surface area contributed by atoms with Crippen LogP contribution >= 0.6 is 15.9 Å². The number of aliphatic hydroxyl groups excluding tert-OH is 1. The molecule has 0 bridgehead atoms. The third kappa shape index (κ3) is 3.52. The zero-order valence-electron chi connectivity index (χ0n) is 11.3. The first-order chi connectivity index (χ1) is 9.29. The lowest BCUT2D eigenvalue weighted by Crippen LogP contribution is -2.29. The molecule has 0 aromatic heterocycles. The van der Waals surface area contributed by atoms with E-state index in [2.05, 4.69) is 20.7 Å². The Bertz CT molecular complexity index is 604. The van der Waals surface area contributed by atoms with Crippen LogP contribution in [-0.4, -0.2) is 26.2 Å². The van der Waals surface area contributed by atoms with Crippen molar-refractivity contribution in [1.82, 2.24) is 4.72 Å². The third-order valence-corrected chi connectivity index (χ3v) is 5.74. The van der Waals surface area contributed by atoms with Crippen LogP contribution in [0.1, 0.15) is 24.8 Å². The Morgan fingerprint density at radius 1 is 1.45 bits per heavy atom. The zero-order chi connectivity index (χ0) is 14.9. The number of anilines is 1. The molecular weight excluding hydrogens is 344 g/mol. The van der Waals surface area contributed by atoms with Crippen LogP contribution in [-0.2, 0) is 10.0 Å². The predicted octanol–water partition coefficient (Wildman–Crippen LogP) is 1.78. The van der Waals surface area contributed by atoms with Gasteiger partial charge in [0.15, 0.2) is 0 Å². The molecule has 1 saturated carbocycles. The maximum atomic E-state index is 12.3. The van der Waals surface area contributed by atoms with E-state index in [0.29, 0.717) is 28.7 Å². The van der Waals surface area contributed by atoms with Gasteiger partial charge in [0.1, 0.15) is 0 Å². The highest BCUT2D eigenvalue weighted by Crippen LogP contribution is 2.28. The number of nitrogens with two attached hydrogens (primary N) is 1. The first-order valence-corrected chi connectivity index (χ1v) is 8.80. The summed E-state index contributed by atoms with van der Waals surface area (Å²) in [5.74, 6) is 0.199. The van der Waals surface area contributed by atoms with Crippen molar-refractivity contribution in [2.24, 2.45) is 5.92 Å². The van der Waals surface area contributed by atoms with E-state index < -0.39 is 10.0 Å². The number of hydrogen-bond acceptors (Lipinski definition) is 4. The Balaban J connectivity index is 2.14. The second-order valence-electron chi connectivity index (χ2n) is 5.30. The molecule has 0 spiro atoms. The molecule has 1 aliphatic carbocycles. The van der Waals surface area contributed by atoms with Crippen molar-refractivity contribution in [2.45, 2.75) is 37.2 Å². The SMILES string of the molecule is Cc1c(N)cc(Br)cc1S(=O)(=O)NCC1CCC(O)C1. The third-order valence-electron chi connectivity index (χ3n) is 3.73. The molecule has 20 heavy (non-hydrogen) atoms. The molecule has 1 fully saturated rings. The van der Waals surface area contributed by atoms with Crippen LogP contribution in [0.15, 0.2) is 21.5 Å². The lowest BCUT2D eigenvalue weighted by molar-refractivity contribution is 0.178. The van der Waals surface area contributed by atoms with Crippen LogP contribution in [0.2, 0.25) is 0 Å². The highest BCUT2D eigenvalue weighted by atomic mass is 79.9. The van der Waals surface area contributed by atoms with Gasteiger partial charge in [0.25, 0.3) is 0 Å². The summed E-state index contributed by atoms with van der Waals surface area (Å²) in [6.45, 7) is 2.04. The Hall–Kier alpha value is -0.630. The van der Waals surface area contributed by atoms with Crippen LogP contribution in [0.4, 0.5) is 5.69 Å². The van der Waals surface area contributed by atoms with Gasteiger partial charge in [-0.2, -0.15) is 0 Å². The topological polar surface area (TPSA) is 92.4 Å². The average Bonchev–Trinajstić information content (AvgIpc) is 2.77. The number of halogens is 1. The molecule has 112 valence electrons. The standard InChI is InChI=1S/C13H19BrN2O3S/c1-8-12(15)5-10(14)6-13(8)20(18,19)16-7-9-2-3-11(17)4-9/h5-6,9,11,16-17H,2-4,7,15H2,1H3. The summed E-state index contributed by atoms with van der Waals surface area (Å²) in [7, 11) is -3.58. The van der Waals surface area contributed by atoms with Gasteiger partial charge in [-0.1, -0.05) is 15.9 Å². The predicted molar refractivity (Wildman–Crippen MR) is 81.8 cm³/mol. The van der Waals surface area contributed by atoms with Crippen molar-refractivity contribution >= 4 is 31.6 Å². The number of hydrogen-bond donors (Lipinski definition) is 3. The molecular formula is C13H19BrN2O3S. The van der Waals surface area contributed by atoms with E-state index in [0.717, 1.165) is 12.8 Å². The minimum Gasteiger partial charge on any atom is -0.398 e. The molecule has 0 aliphatic heterocycles. The van der Waals surface area contributed by atoms with Gasteiger partial charge < -0.3 is 10.8 Å². The van der Waals surface area contributed by atoms with E-state index >= 15 is 0 Å². The maximum absolute atomic E-state index is 12.3. The van der Waals surface area contributed by atoms with E-state index in [1.807, 2.05) is 0 Å². The molecule has 0 amide bonds. The lowest BCUT2D eigenvalue weighted by atomic mass is 10.1. The Kier molecular flexibility index (Phi) is 4.73. The summed E-state index contributed by atoms with van der Waals surface area (Å²) in [4.78, 5) is 0.197. The molecule has 0 radical (unpaired) electrons. The average molecular weight is 363 g/mol. The van der Waals surface area contributed by atoms with Gasteiger partial charge in [-0.3, -0.25) is 0 Å². The van der Waals surface area contributed by atoms with Crippen molar-refractivity contribution in [1.29, 1.82) is 0 Å². The van der Waals surface area contributed by atoms with Crippen LogP contribution in [0.25, 0.3) is 0 Å². The maximum Gasteiger partial charge on any atom is 0.240 e. The van der Waals surface area contributed by atoms with Crippen molar-refractivity contribution in [3.8, 4) is 0 Å². The first kappa shape index (κ1) is 15.8. The fourth-order valence-corrected chi connectivity index (χ4v) is 4.53. The molecule has 5 nitrogen and oxygen atoms in total. The van der Waals surface area contributed by atoms with Gasteiger partial charge >= 0.3 is 0 Å². The van der Waals surface area contributed by atoms with E-state index in [4.69, 9.17) is 5.73 Å². The highest BCUT2D eigenvalue weighted by Gasteiger charge is 2.25. The number of aliphatic hydroxyl groups is 1. The summed E-state index contributed by atoms with van der Waals surface area (Å²) in [6.07, 6.45) is 1.95. The molecule has 0 heterocycles. The van der Waals surface area contributed by atoms with Gasteiger partial charge in [0, 0.05) is 16.7 Å². The van der Waals surface area contributed by atoms with Gasteiger partial charge in [0.05, 0.1) is 11.0 Å². The lowest BCUT2D eigenvalue weighted by Gasteiger charge is -2.14. The summed E-state index contributed by atoms with van der Waals surface area (Å²) in [6, 6.07) is 3.24. The van der Waals surface area contributed by atoms with Crippen LogP contribution in [0.3, 0.4) is 0 Å². The molecule has 2 atom stereocenters. The highest BCUT2D eigenvalue weighted by molar-refractivity contribution is 9.10. The second kappa shape index (κ2) is 6.01. The number of nitrogen functional groups attached to an aromatic ring is 1. The van der Waals surface area contributed by atoms with E-state index in [1.165, 1.54) is 0 Å². The largest absolute Gasteiger partial charge is 0.398 e. The van der Waals surface area contributed by atoms with Crippen molar-refractivity contribution in [3.63, 3.8) is 0 Å². The van der Waals surface area contributed by atoms with E-state index in [-0.39, 0.29) is 16.9 Å². The monoisotopic (exact) mass is 362 g/mol. The number of nitrogens with one attached hydrogen (secondary N) is 1. The van der Waals surface area contributed by atoms with Gasteiger partial charge in [-0.25, -0.2) is 13.1 Å². The summed E-state index contributed by atoms with van der Waals surface area (Å²) in [5, 5.41) is 9.46. The fourth-order valence-electron chi connectivity index (χ4n) is 2.49. The summed E-state index contributed by atoms with van der Waals surface area (Å²) >= 11 is 3.26. The molecule has 1 aromatic rings. The molecule has 1 aliphatic rings. The quantitative estimate of drug-likeness (QED) is 0.711. The first-order valence-electron chi connectivity index (χ1n) is 6.53. The smallest absolute Gasteiger partial charge is 0.240 e. The normalized spacial score (nSPS) is 23.1. The van der Waals surface area contributed by atoms with Crippen molar-refractivity contribution in [2.75, 3.05) is 12.3 Å². The summed E-state index contributed by atoms with van der Waals surface area (Å²) < 4.78 is 27.9. The number of benzene rings is 1. The van der Waals surface area contributed by atoms with Crippen LogP contribution in [0, 0.1) is 12.8 Å².